The van der Waals surface area contributed by atoms with Crippen molar-refractivity contribution in [2.75, 3.05) is 6.54 Å². The molecule has 0 aromatic heterocycles. The van der Waals surface area contributed by atoms with Crippen LogP contribution in [0.4, 0.5) is 4.39 Å². The highest BCUT2D eigenvalue weighted by Crippen LogP contribution is 2.23. The molecule has 3 aromatic rings. The number of rotatable bonds is 7. The van der Waals surface area contributed by atoms with Crippen LogP contribution >= 0.6 is 0 Å². The summed E-state index contributed by atoms with van der Waals surface area (Å²) >= 11 is 0. The summed E-state index contributed by atoms with van der Waals surface area (Å²) in [4.78, 5) is 0. The Bertz CT molecular complexity index is 845. The van der Waals surface area contributed by atoms with Gasteiger partial charge in [-0.1, -0.05) is 48.5 Å². The maximum Gasteiger partial charge on any atom is 0.123 e. The average molecular weight is 349 g/mol. The molecular weight excluding hydrogens is 325 g/mol. The Morgan fingerprint density at radius 2 is 1.73 bits per heavy atom. The molecule has 0 bridgehead atoms. The number of benzene rings is 3. The molecule has 0 spiro atoms. The van der Waals surface area contributed by atoms with Gasteiger partial charge >= 0.3 is 0 Å². The van der Waals surface area contributed by atoms with Crippen molar-refractivity contribution in [3.63, 3.8) is 0 Å². The monoisotopic (exact) mass is 349 g/mol. The first kappa shape index (κ1) is 18.2. The van der Waals surface area contributed by atoms with Crippen molar-refractivity contribution in [3.05, 3.63) is 101 Å². The fraction of sp³-hybridized carbons (Fsp3) is 0.217. The minimum atomic E-state index is -0.221. The summed E-state index contributed by atoms with van der Waals surface area (Å²) in [6.07, 6.45) is 0.776. The van der Waals surface area contributed by atoms with Gasteiger partial charge in [0.15, 0.2) is 0 Å². The van der Waals surface area contributed by atoms with Crippen LogP contribution < -0.4 is 10.5 Å². The largest absolute Gasteiger partial charge is 0.489 e. The van der Waals surface area contributed by atoms with Crippen LogP contribution in [0.3, 0.4) is 0 Å². The van der Waals surface area contributed by atoms with Gasteiger partial charge in [0.05, 0.1) is 0 Å². The van der Waals surface area contributed by atoms with E-state index in [-0.39, 0.29) is 11.7 Å². The number of ether oxygens (including phenoxy) is 1. The van der Waals surface area contributed by atoms with E-state index in [4.69, 9.17) is 10.5 Å². The predicted octanol–water partition coefficient (Wildman–Crippen LogP) is 5.00. The molecule has 3 heteroatoms. The molecule has 2 nitrogen and oxygen atoms in total. The lowest BCUT2D eigenvalue weighted by molar-refractivity contribution is 0.305. The zero-order valence-electron chi connectivity index (χ0n) is 15.0. The van der Waals surface area contributed by atoms with Gasteiger partial charge in [0.25, 0.3) is 0 Å². The quantitative estimate of drug-likeness (QED) is 0.651. The topological polar surface area (TPSA) is 35.2 Å². The molecular formula is C23H24FNO. The molecule has 3 aromatic carbocycles. The van der Waals surface area contributed by atoms with Gasteiger partial charge in [-0.25, -0.2) is 4.39 Å². The van der Waals surface area contributed by atoms with Crippen molar-refractivity contribution in [3.8, 4) is 5.75 Å². The van der Waals surface area contributed by atoms with Crippen LogP contribution in [0, 0.1) is 12.7 Å². The van der Waals surface area contributed by atoms with Crippen LogP contribution in [0.5, 0.6) is 5.75 Å². The second kappa shape index (κ2) is 8.63. The fourth-order valence-electron chi connectivity index (χ4n) is 3.04. The van der Waals surface area contributed by atoms with Gasteiger partial charge < -0.3 is 10.5 Å². The smallest absolute Gasteiger partial charge is 0.123 e. The maximum atomic E-state index is 13.5. The highest BCUT2D eigenvalue weighted by molar-refractivity contribution is 5.31. The summed E-state index contributed by atoms with van der Waals surface area (Å²) in [6, 6.07) is 23.0. The van der Waals surface area contributed by atoms with Gasteiger partial charge in [-0.2, -0.15) is 0 Å². The van der Waals surface area contributed by atoms with Gasteiger partial charge in [0, 0.05) is 5.92 Å². The first-order valence-electron chi connectivity index (χ1n) is 8.87. The highest BCUT2D eigenvalue weighted by Gasteiger charge is 2.11. The third kappa shape index (κ3) is 4.70. The van der Waals surface area contributed by atoms with Crippen molar-refractivity contribution < 1.29 is 9.13 Å². The minimum Gasteiger partial charge on any atom is -0.489 e. The SMILES string of the molecule is Cc1ccccc1COc1ccc(CC(CN)c2cccc(F)c2)cc1. The van der Waals surface area contributed by atoms with E-state index in [0.717, 1.165) is 23.3 Å². The van der Waals surface area contributed by atoms with E-state index < -0.39 is 0 Å². The Hall–Kier alpha value is -2.65. The van der Waals surface area contributed by atoms with E-state index >= 15 is 0 Å². The van der Waals surface area contributed by atoms with Crippen LogP contribution in [0.1, 0.15) is 28.2 Å². The molecule has 0 fully saturated rings. The Labute approximate surface area is 154 Å². The normalized spacial score (nSPS) is 12.0. The van der Waals surface area contributed by atoms with Crippen LogP contribution in [0.25, 0.3) is 0 Å². The van der Waals surface area contributed by atoms with E-state index in [9.17, 15) is 4.39 Å². The standard InChI is InChI=1S/C23H24FNO/c1-17-5-2-3-6-20(17)16-26-23-11-9-18(10-12-23)13-21(15-25)19-7-4-8-22(24)14-19/h2-12,14,21H,13,15-16,25H2,1H3. The average Bonchev–Trinajstić information content (AvgIpc) is 2.66. The maximum absolute atomic E-state index is 13.5. The van der Waals surface area contributed by atoms with Crippen LogP contribution in [0.2, 0.25) is 0 Å². The van der Waals surface area contributed by atoms with Gasteiger partial charge in [0.2, 0.25) is 0 Å². The number of aryl methyl sites for hydroxylation is 1. The Morgan fingerprint density at radius 1 is 0.962 bits per heavy atom. The lowest BCUT2D eigenvalue weighted by Crippen LogP contribution is -2.15. The van der Waals surface area contributed by atoms with Crippen molar-refractivity contribution >= 4 is 0 Å². The molecule has 0 aliphatic rings. The van der Waals surface area contributed by atoms with E-state index in [1.54, 1.807) is 12.1 Å². The van der Waals surface area contributed by atoms with E-state index in [2.05, 4.69) is 31.2 Å². The van der Waals surface area contributed by atoms with Crippen molar-refractivity contribution in [1.82, 2.24) is 0 Å². The van der Waals surface area contributed by atoms with Crippen molar-refractivity contribution in [2.45, 2.75) is 25.9 Å². The van der Waals surface area contributed by atoms with Gasteiger partial charge in [0.1, 0.15) is 18.2 Å². The molecule has 26 heavy (non-hydrogen) atoms. The zero-order valence-corrected chi connectivity index (χ0v) is 15.0. The summed E-state index contributed by atoms with van der Waals surface area (Å²) in [5.74, 6) is 0.720. The van der Waals surface area contributed by atoms with Crippen LogP contribution in [-0.4, -0.2) is 6.54 Å². The lowest BCUT2D eigenvalue weighted by atomic mass is 9.92. The second-order valence-electron chi connectivity index (χ2n) is 6.55. The van der Waals surface area contributed by atoms with Crippen LogP contribution in [-0.2, 0) is 13.0 Å². The fourth-order valence-corrected chi connectivity index (χ4v) is 3.04. The first-order chi connectivity index (χ1) is 12.7. The minimum absolute atomic E-state index is 0.101. The van der Waals surface area contributed by atoms with E-state index in [1.165, 1.54) is 17.2 Å². The summed E-state index contributed by atoms with van der Waals surface area (Å²) < 4.78 is 19.3. The molecule has 2 N–H and O–H groups in total. The number of halogens is 1. The van der Waals surface area contributed by atoms with Crippen molar-refractivity contribution in [2.24, 2.45) is 5.73 Å². The van der Waals surface area contributed by atoms with Gasteiger partial charge in [-0.05, 0) is 66.4 Å². The molecule has 0 heterocycles. The summed E-state index contributed by atoms with van der Waals surface area (Å²) in [5.41, 5.74) is 10.4. The second-order valence-corrected chi connectivity index (χ2v) is 6.55. The third-order valence-electron chi connectivity index (χ3n) is 4.67. The Balaban J connectivity index is 1.62. The number of hydrogen-bond donors (Lipinski definition) is 1. The molecule has 3 rings (SSSR count). The first-order valence-corrected chi connectivity index (χ1v) is 8.87. The van der Waals surface area contributed by atoms with Gasteiger partial charge in [-0.3, -0.25) is 0 Å². The Kier molecular flexibility index (Phi) is 6.03. The molecule has 0 saturated heterocycles. The molecule has 0 saturated carbocycles. The number of hydrogen-bond acceptors (Lipinski definition) is 2. The molecule has 0 aliphatic carbocycles. The third-order valence-corrected chi connectivity index (χ3v) is 4.67. The Morgan fingerprint density at radius 3 is 2.42 bits per heavy atom. The summed E-state index contributed by atoms with van der Waals surface area (Å²) in [5, 5.41) is 0. The predicted molar refractivity (Wildman–Crippen MR) is 104 cm³/mol. The van der Waals surface area contributed by atoms with Crippen LogP contribution in [0.15, 0.2) is 72.8 Å². The van der Waals surface area contributed by atoms with Gasteiger partial charge in [-0.15, -0.1) is 0 Å². The highest BCUT2D eigenvalue weighted by atomic mass is 19.1. The molecule has 0 amide bonds. The van der Waals surface area contributed by atoms with E-state index in [0.29, 0.717) is 13.2 Å². The molecule has 134 valence electrons. The zero-order chi connectivity index (χ0) is 18.4. The van der Waals surface area contributed by atoms with E-state index in [1.807, 2.05) is 30.3 Å². The van der Waals surface area contributed by atoms with Crippen molar-refractivity contribution in [1.29, 1.82) is 0 Å². The summed E-state index contributed by atoms with van der Waals surface area (Å²) in [6.45, 7) is 3.12. The summed E-state index contributed by atoms with van der Waals surface area (Å²) in [7, 11) is 0. The lowest BCUT2D eigenvalue weighted by Gasteiger charge is -2.16. The molecule has 0 aliphatic heterocycles. The molecule has 1 atom stereocenters. The molecule has 0 radical (unpaired) electrons. The molecule has 1 unspecified atom stereocenters. The number of nitrogens with two attached hydrogens (primary N) is 1.